The molecule has 0 saturated carbocycles. The molecule has 0 aliphatic heterocycles. The molecule has 0 spiro atoms. The first kappa shape index (κ1) is 11.6. The SMILES string of the molecule is CC(=O)Nc1c(Br)cc(C#N)c2ccccc12. The minimum absolute atomic E-state index is 0.138. The Morgan fingerprint density at radius 3 is 2.59 bits per heavy atom. The summed E-state index contributed by atoms with van der Waals surface area (Å²) in [5, 5.41) is 13.5. The van der Waals surface area contributed by atoms with E-state index in [0.717, 1.165) is 10.8 Å². The van der Waals surface area contributed by atoms with Crippen molar-refractivity contribution >= 4 is 38.3 Å². The zero-order valence-electron chi connectivity index (χ0n) is 9.12. The third kappa shape index (κ3) is 2.15. The molecule has 0 atom stereocenters. The summed E-state index contributed by atoms with van der Waals surface area (Å²) in [6.45, 7) is 1.46. The molecule has 4 heteroatoms. The van der Waals surface area contributed by atoms with Gasteiger partial charge < -0.3 is 5.32 Å². The fourth-order valence-electron chi connectivity index (χ4n) is 1.74. The van der Waals surface area contributed by atoms with Gasteiger partial charge in [0.1, 0.15) is 0 Å². The molecule has 0 aliphatic rings. The highest BCUT2D eigenvalue weighted by atomic mass is 79.9. The number of fused-ring (bicyclic) bond motifs is 1. The van der Waals surface area contributed by atoms with Gasteiger partial charge in [-0.25, -0.2) is 0 Å². The molecule has 0 unspecified atom stereocenters. The molecule has 0 heterocycles. The van der Waals surface area contributed by atoms with Crippen molar-refractivity contribution in [2.75, 3.05) is 5.32 Å². The quantitative estimate of drug-likeness (QED) is 0.874. The van der Waals surface area contributed by atoms with Gasteiger partial charge in [-0.2, -0.15) is 5.26 Å². The van der Waals surface area contributed by atoms with Crippen LogP contribution in [-0.4, -0.2) is 5.91 Å². The number of hydrogen-bond acceptors (Lipinski definition) is 2. The van der Waals surface area contributed by atoms with E-state index >= 15 is 0 Å². The van der Waals surface area contributed by atoms with E-state index < -0.39 is 0 Å². The van der Waals surface area contributed by atoms with Gasteiger partial charge in [0.25, 0.3) is 0 Å². The Morgan fingerprint density at radius 2 is 2.00 bits per heavy atom. The van der Waals surface area contributed by atoms with Crippen molar-refractivity contribution in [2.24, 2.45) is 0 Å². The molecule has 1 amide bonds. The topological polar surface area (TPSA) is 52.9 Å². The average molecular weight is 289 g/mol. The zero-order chi connectivity index (χ0) is 12.4. The summed E-state index contributed by atoms with van der Waals surface area (Å²) in [4.78, 5) is 11.2. The van der Waals surface area contributed by atoms with Crippen molar-refractivity contribution in [3.8, 4) is 6.07 Å². The van der Waals surface area contributed by atoms with Crippen molar-refractivity contribution in [3.63, 3.8) is 0 Å². The number of nitrogens with one attached hydrogen (secondary N) is 1. The second kappa shape index (κ2) is 4.56. The molecule has 2 rings (SSSR count). The number of halogens is 1. The molecular formula is C13H9BrN2O. The van der Waals surface area contributed by atoms with Crippen molar-refractivity contribution in [1.29, 1.82) is 5.26 Å². The van der Waals surface area contributed by atoms with Crippen LogP contribution >= 0.6 is 15.9 Å². The third-order valence-electron chi connectivity index (χ3n) is 2.42. The summed E-state index contributed by atoms with van der Waals surface area (Å²) in [5.74, 6) is -0.138. The predicted molar refractivity (Wildman–Crippen MR) is 70.7 cm³/mol. The highest BCUT2D eigenvalue weighted by Gasteiger charge is 2.10. The van der Waals surface area contributed by atoms with Gasteiger partial charge in [0.2, 0.25) is 5.91 Å². The fraction of sp³-hybridized carbons (Fsp3) is 0.0769. The normalized spacial score (nSPS) is 9.94. The number of rotatable bonds is 1. The summed E-state index contributed by atoms with van der Waals surface area (Å²) in [6.07, 6.45) is 0. The lowest BCUT2D eigenvalue weighted by atomic mass is 10.0. The number of amides is 1. The maximum Gasteiger partial charge on any atom is 0.221 e. The Morgan fingerprint density at radius 1 is 1.35 bits per heavy atom. The number of hydrogen-bond donors (Lipinski definition) is 1. The Kier molecular flexibility index (Phi) is 3.12. The van der Waals surface area contributed by atoms with Crippen LogP contribution in [0.1, 0.15) is 12.5 Å². The summed E-state index contributed by atoms with van der Waals surface area (Å²) < 4.78 is 0.711. The van der Waals surface area contributed by atoms with E-state index in [0.29, 0.717) is 15.7 Å². The van der Waals surface area contributed by atoms with Gasteiger partial charge in [-0.1, -0.05) is 24.3 Å². The van der Waals surface area contributed by atoms with Gasteiger partial charge >= 0.3 is 0 Å². The van der Waals surface area contributed by atoms with Gasteiger partial charge in [0, 0.05) is 22.2 Å². The van der Waals surface area contributed by atoms with Crippen LogP contribution in [0.3, 0.4) is 0 Å². The fourth-order valence-corrected chi connectivity index (χ4v) is 2.28. The summed E-state index contributed by atoms with van der Waals surface area (Å²) >= 11 is 3.37. The molecule has 2 aromatic rings. The Bertz CT molecular complexity index is 644. The summed E-state index contributed by atoms with van der Waals surface area (Å²) in [7, 11) is 0. The first-order valence-corrected chi connectivity index (χ1v) is 5.81. The second-order valence-corrected chi connectivity index (χ2v) is 4.47. The van der Waals surface area contributed by atoms with Crippen LogP contribution in [0.2, 0.25) is 0 Å². The zero-order valence-corrected chi connectivity index (χ0v) is 10.7. The smallest absolute Gasteiger partial charge is 0.221 e. The molecule has 0 aromatic heterocycles. The molecule has 0 aliphatic carbocycles. The average Bonchev–Trinajstić information content (AvgIpc) is 2.32. The van der Waals surface area contributed by atoms with E-state index in [2.05, 4.69) is 27.3 Å². The van der Waals surface area contributed by atoms with Crippen molar-refractivity contribution < 1.29 is 4.79 Å². The molecule has 3 nitrogen and oxygen atoms in total. The van der Waals surface area contributed by atoms with Crippen LogP contribution in [0, 0.1) is 11.3 Å². The number of nitrogens with zero attached hydrogens (tertiary/aromatic N) is 1. The second-order valence-electron chi connectivity index (χ2n) is 3.62. The van der Waals surface area contributed by atoms with E-state index in [1.165, 1.54) is 6.92 Å². The van der Waals surface area contributed by atoms with E-state index in [4.69, 9.17) is 5.26 Å². The molecule has 0 fully saturated rings. The first-order valence-electron chi connectivity index (χ1n) is 5.02. The van der Waals surface area contributed by atoms with Gasteiger partial charge in [0.15, 0.2) is 0 Å². The lowest BCUT2D eigenvalue weighted by Gasteiger charge is -2.10. The molecule has 0 bridgehead atoms. The first-order chi connectivity index (χ1) is 8.13. The molecule has 17 heavy (non-hydrogen) atoms. The Labute approximate surface area is 107 Å². The number of benzene rings is 2. The maximum atomic E-state index is 11.2. The standard InChI is InChI=1S/C13H9BrN2O/c1-8(17)16-13-11-5-3-2-4-10(11)9(7-15)6-12(13)14/h2-6H,1H3,(H,16,17). The van der Waals surface area contributed by atoms with Gasteiger partial charge in [-0.05, 0) is 22.0 Å². The lowest BCUT2D eigenvalue weighted by Crippen LogP contribution is -2.07. The van der Waals surface area contributed by atoms with E-state index in [1.807, 2.05) is 24.3 Å². The minimum Gasteiger partial charge on any atom is -0.325 e. The Hall–Kier alpha value is -1.86. The lowest BCUT2D eigenvalue weighted by molar-refractivity contribution is -0.114. The Balaban J connectivity index is 2.81. The number of nitriles is 1. The molecule has 0 saturated heterocycles. The monoisotopic (exact) mass is 288 g/mol. The van der Waals surface area contributed by atoms with E-state index in [-0.39, 0.29) is 5.91 Å². The van der Waals surface area contributed by atoms with E-state index in [9.17, 15) is 4.79 Å². The van der Waals surface area contributed by atoms with E-state index in [1.54, 1.807) is 6.07 Å². The molecule has 2 aromatic carbocycles. The van der Waals surface area contributed by atoms with Crippen LogP contribution in [0.15, 0.2) is 34.8 Å². The highest BCUT2D eigenvalue weighted by molar-refractivity contribution is 9.10. The number of anilines is 1. The molecule has 0 radical (unpaired) electrons. The minimum atomic E-state index is -0.138. The summed E-state index contributed by atoms with van der Waals surface area (Å²) in [5.41, 5.74) is 1.29. The van der Waals surface area contributed by atoms with Crippen LogP contribution < -0.4 is 5.32 Å². The van der Waals surface area contributed by atoms with Gasteiger partial charge in [-0.15, -0.1) is 0 Å². The third-order valence-corrected chi connectivity index (χ3v) is 3.04. The van der Waals surface area contributed by atoms with Gasteiger partial charge in [-0.3, -0.25) is 4.79 Å². The largest absolute Gasteiger partial charge is 0.325 e. The van der Waals surface area contributed by atoms with Crippen LogP contribution in [0.4, 0.5) is 5.69 Å². The molecule has 1 N–H and O–H groups in total. The molecular weight excluding hydrogens is 280 g/mol. The van der Waals surface area contributed by atoms with Crippen molar-refractivity contribution in [3.05, 3.63) is 40.4 Å². The summed E-state index contributed by atoms with van der Waals surface area (Å²) in [6, 6.07) is 11.4. The number of carbonyl (C=O) groups excluding carboxylic acids is 1. The van der Waals surface area contributed by atoms with Crippen LogP contribution in [0.25, 0.3) is 10.8 Å². The van der Waals surface area contributed by atoms with Crippen molar-refractivity contribution in [1.82, 2.24) is 0 Å². The predicted octanol–water partition coefficient (Wildman–Crippen LogP) is 3.43. The number of carbonyl (C=O) groups is 1. The highest BCUT2D eigenvalue weighted by Crippen LogP contribution is 2.33. The van der Waals surface area contributed by atoms with Crippen LogP contribution in [0.5, 0.6) is 0 Å². The maximum absolute atomic E-state index is 11.2. The van der Waals surface area contributed by atoms with Crippen LogP contribution in [-0.2, 0) is 4.79 Å². The molecule has 84 valence electrons. The van der Waals surface area contributed by atoms with Crippen molar-refractivity contribution in [2.45, 2.75) is 6.92 Å². The van der Waals surface area contributed by atoms with Gasteiger partial charge in [0.05, 0.1) is 17.3 Å².